The molecule has 0 aliphatic carbocycles. The second-order valence-corrected chi connectivity index (χ2v) is 5.48. The highest BCUT2D eigenvalue weighted by Crippen LogP contribution is 2.26. The van der Waals surface area contributed by atoms with Crippen LogP contribution < -0.4 is 0 Å². The van der Waals surface area contributed by atoms with Gasteiger partial charge in [0, 0.05) is 10.0 Å². The molecule has 0 amide bonds. The van der Waals surface area contributed by atoms with E-state index in [1.54, 1.807) is 12.1 Å². The van der Waals surface area contributed by atoms with E-state index in [2.05, 4.69) is 16.8 Å². The highest BCUT2D eigenvalue weighted by molar-refractivity contribution is 6.31. The van der Waals surface area contributed by atoms with Gasteiger partial charge in [-0.25, -0.2) is 4.98 Å². The minimum Gasteiger partial charge on any atom is -0.439 e. The number of halogens is 2. The molecule has 0 radical (unpaired) electrons. The molecule has 3 aromatic rings. The summed E-state index contributed by atoms with van der Waals surface area (Å²) >= 11 is 12.2. The van der Waals surface area contributed by atoms with Crippen molar-refractivity contribution in [3.63, 3.8) is 0 Å². The largest absolute Gasteiger partial charge is 0.439 e. The zero-order valence-corrected chi connectivity index (χ0v) is 12.9. The van der Waals surface area contributed by atoms with Gasteiger partial charge in [0.25, 0.3) is 0 Å². The summed E-state index contributed by atoms with van der Waals surface area (Å²) in [5.74, 6) is 5.95. The minimum absolute atomic E-state index is 0.228. The number of aromatic nitrogens is 1. The van der Waals surface area contributed by atoms with Crippen molar-refractivity contribution in [2.24, 2.45) is 0 Å². The van der Waals surface area contributed by atoms with Crippen LogP contribution in [0.1, 0.15) is 17.0 Å². The first-order valence-corrected chi connectivity index (χ1v) is 7.35. The zero-order valence-electron chi connectivity index (χ0n) is 11.4. The Kier molecular flexibility index (Phi) is 4.35. The summed E-state index contributed by atoms with van der Waals surface area (Å²) in [5, 5.41) is 10.0. The van der Waals surface area contributed by atoms with E-state index in [1.165, 1.54) is 0 Å². The van der Waals surface area contributed by atoms with Crippen molar-refractivity contribution in [2.75, 3.05) is 6.61 Å². The topological polar surface area (TPSA) is 46.3 Å². The molecule has 0 fully saturated rings. The number of rotatable bonds is 2. The fourth-order valence-corrected chi connectivity index (χ4v) is 2.57. The van der Waals surface area contributed by atoms with Crippen molar-refractivity contribution in [1.82, 2.24) is 4.98 Å². The third-order valence-corrected chi connectivity index (χ3v) is 3.69. The van der Waals surface area contributed by atoms with Gasteiger partial charge in [-0.1, -0.05) is 53.2 Å². The summed E-state index contributed by atoms with van der Waals surface area (Å²) < 4.78 is 5.80. The van der Waals surface area contributed by atoms with Crippen molar-refractivity contribution in [2.45, 2.75) is 6.42 Å². The van der Waals surface area contributed by atoms with E-state index >= 15 is 0 Å². The van der Waals surface area contributed by atoms with Gasteiger partial charge in [0.15, 0.2) is 11.5 Å². The van der Waals surface area contributed by atoms with Crippen LogP contribution in [0.3, 0.4) is 0 Å². The number of benzene rings is 2. The van der Waals surface area contributed by atoms with E-state index in [0.29, 0.717) is 39.0 Å². The van der Waals surface area contributed by atoms with E-state index < -0.39 is 0 Å². The molecule has 5 heteroatoms. The molecule has 3 rings (SSSR count). The van der Waals surface area contributed by atoms with Crippen LogP contribution in [0.4, 0.5) is 0 Å². The summed E-state index contributed by atoms with van der Waals surface area (Å²) in [6.45, 7) is -0.228. The van der Waals surface area contributed by atoms with E-state index in [4.69, 9.17) is 32.7 Å². The molecule has 22 heavy (non-hydrogen) atoms. The molecule has 110 valence electrons. The lowest BCUT2D eigenvalue weighted by atomic mass is 10.1. The molecule has 0 bridgehead atoms. The van der Waals surface area contributed by atoms with Crippen LogP contribution in [0.2, 0.25) is 10.0 Å². The number of hydrogen-bond donors (Lipinski definition) is 1. The lowest BCUT2D eigenvalue weighted by Crippen LogP contribution is -1.88. The molecule has 0 aliphatic heterocycles. The number of hydrogen-bond acceptors (Lipinski definition) is 3. The Balaban J connectivity index is 2.04. The molecule has 0 unspecified atom stereocenters. The number of aliphatic hydroxyl groups is 1. The highest BCUT2D eigenvalue weighted by Gasteiger charge is 2.12. The Morgan fingerprint density at radius 2 is 2.00 bits per heavy atom. The lowest BCUT2D eigenvalue weighted by molar-refractivity contribution is 0.350. The van der Waals surface area contributed by atoms with Crippen molar-refractivity contribution in [3.8, 4) is 11.8 Å². The SMILES string of the molecule is OCC#Cc1cc(Cl)cc2nc(Cc3ccccc3Cl)oc12. The van der Waals surface area contributed by atoms with Gasteiger partial charge in [-0.3, -0.25) is 0 Å². The van der Waals surface area contributed by atoms with Crippen LogP contribution in [-0.4, -0.2) is 16.7 Å². The van der Waals surface area contributed by atoms with E-state index in [0.717, 1.165) is 5.56 Å². The second-order valence-electron chi connectivity index (χ2n) is 4.64. The molecular weight excluding hydrogens is 321 g/mol. The van der Waals surface area contributed by atoms with Crippen LogP contribution in [0.15, 0.2) is 40.8 Å². The maximum Gasteiger partial charge on any atom is 0.200 e. The zero-order chi connectivity index (χ0) is 15.5. The van der Waals surface area contributed by atoms with Gasteiger partial charge < -0.3 is 9.52 Å². The quantitative estimate of drug-likeness (QED) is 0.720. The predicted molar refractivity (Wildman–Crippen MR) is 87.2 cm³/mol. The highest BCUT2D eigenvalue weighted by atomic mass is 35.5. The Labute approximate surface area is 137 Å². The van der Waals surface area contributed by atoms with Crippen LogP contribution >= 0.6 is 23.2 Å². The van der Waals surface area contributed by atoms with Gasteiger partial charge >= 0.3 is 0 Å². The van der Waals surface area contributed by atoms with Gasteiger partial charge in [0.05, 0.1) is 12.0 Å². The Bertz CT molecular complexity index is 891. The minimum atomic E-state index is -0.228. The number of aliphatic hydroxyl groups excluding tert-OH is 1. The predicted octanol–water partition coefficient (Wildman–Crippen LogP) is 4.07. The Morgan fingerprint density at radius 1 is 1.18 bits per heavy atom. The van der Waals surface area contributed by atoms with E-state index in [1.807, 2.05) is 24.3 Å². The molecular formula is C17H11Cl2NO2. The molecule has 0 saturated carbocycles. The smallest absolute Gasteiger partial charge is 0.200 e. The maximum absolute atomic E-state index is 8.83. The van der Waals surface area contributed by atoms with Gasteiger partial charge in [-0.15, -0.1) is 0 Å². The third-order valence-electron chi connectivity index (χ3n) is 3.10. The van der Waals surface area contributed by atoms with Crippen LogP contribution in [0, 0.1) is 11.8 Å². The van der Waals surface area contributed by atoms with E-state index in [9.17, 15) is 0 Å². The Hall–Kier alpha value is -1.99. The number of nitrogens with zero attached hydrogens (tertiary/aromatic N) is 1. The first-order chi connectivity index (χ1) is 10.7. The molecule has 0 aliphatic rings. The standard InChI is InChI=1S/C17H11Cl2NO2/c18-13-8-12(5-3-7-21)17-15(10-13)20-16(22-17)9-11-4-1-2-6-14(11)19/h1-2,4,6,8,10,21H,7,9H2. The second kappa shape index (κ2) is 6.41. The van der Waals surface area contributed by atoms with Gasteiger partial charge in [-0.2, -0.15) is 0 Å². The number of fused-ring (bicyclic) bond motifs is 1. The summed E-state index contributed by atoms with van der Waals surface area (Å²) in [6, 6.07) is 11.0. The monoisotopic (exact) mass is 331 g/mol. The fraction of sp³-hybridized carbons (Fsp3) is 0.118. The molecule has 1 heterocycles. The lowest BCUT2D eigenvalue weighted by Gasteiger charge is -1.99. The van der Waals surface area contributed by atoms with Crippen molar-refractivity contribution in [3.05, 3.63) is 63.5 Å². The van der Waals surface area contributed by atoms with Gasteiger partial charge in [-0.05, 0) is 23.8 Å². The average molecular weight is 332 g/mol. The summed E-state index contributed by atoms with van der Waals surface area (Å²) in [4.78, 5) is 4.44. The molecule has 1 aromatic heterocycles. The van der Waals surface area contributed by atoms with Crippen molar-refractivity contribution < 1.29 is 9.52 Å². The first kappa shape index (κ1) is 14.9. The number of oxazole rings is 1. The summed E-state index contributed by atoms with van der Waals surface area (Å²) in [6.07, 6.45) is 0.485. The molecule has 2 aromatic carbocycles. The fourth-order valence-electron chi connectivity index (χ4n) is 2.15. The Morgan fingerprint density at radius 3 is 2.77 bits per heavy atom. The van der Waals surface area contributed by atoms with Crippen molar-refractivity contribution in [1.29, 1.82) is 0 Å². The molecule has 0 atom stereocenters. The van der Waals surface area contributed by atoms with Crippen LogP contribution in [-0.2, 0) is 6.42 Å². The normalized spacial score (nSPS) is 10.5. The molecule has 0 spiro atoms. The summed E-state index contributed by atoms with van der Waals surface area (Å²) in [5.41, 5.74) is 2.74. The first-order valence-electron chi connectivity index (χ1n) is 6.59. The van der Waals surface area contributed by atoms with Gasteiger partial charge in [0.1, 0.15) is 12.1 Å². The maximum atomic E-state index is 8.83. The molecule has 3 nitrogen and oxygen atoms in total. The van der Waals surface area contributed by atoms with Crippen LogP contribution in [0.25, 0.3) is 11.1 Å². The third kappa shape index (κ3) is 3.10. The average Bonchev–Trinajstić information content (AvgIpc) is 2.89. The van der Waals surface area contributed by atoms with E-state index in [-0.39, 0.29) is 6.61 Å². The van der Waals surface area contributed by atoms with Gasteiger partial charge in [0.2, 0.25) is 0 Å². The van der Waals surface area contributed by atoms with Crippen molar-refractivity contribution >= 4 is 34.3 Å². The van der Waals surface area contributed by atoms with Crippen LogP contribution in [0.5, 0.6) is 0 Å². The molecule has 0 saturated heterocycles. The summed E-state index contributed by atoms with van der Waals surface area (Å²) in [7, 11) is 0. The molecule has 1 N–H and O–H groups in total.